The number of piperazine rings is 1. The van der Waals surface area contributed by atoms with Gasteiger partial charge in [-0.1, -0.05) is 30.3 Å². The summed E-state index contributed by atoms with van der Waals surface area (Å²) in [6.45, 7) is 7.61. The van der Waals surface area contributed by atoms with E-state index in [1.54, 1.807) is 18.7 Å². The molecule has 2 amide bonds. The van der Waals surface area contributed by atoms with Crippen LogP contribution in [0.1, 0.15) is 39.7 Å². The first-order chi connectivity index (χ1) is 9.83. The molecular weight excluding hydrogens is 264 g/mol. The van der Waals surface area contributed by atoms with E-state index in [-0.39, 0.29) is 17.4 Å². The summed E-state index contributed by atoms with van der Waals surface area (Å²) in [7, 11) is 0. The Kier molecular flexibility index (Phi) is 4.35. The smallest absolute Gasteiger partial charge is 0.245 e. The van der Waals surface area contributed by atoms with E-state index in [0.29, 0.717) is 0 Å². The highest BCUT2D eigenvalue weighted by molar-refractivity contribution is 5.96. The second kappa shape index (κ2) is 5.88. The molecule has 0 radical (unpaired) electrons. The number of amides is 2. The Morgan fingerprint density at radius 1 is 1.14 bits per heavy atom. The number of benzene rings is 1. The Morgan fingerprint density at radius 2 is 1.76 bits per heavy atom. The number of rotatable bonds is 4. The van der Waals surface area contributed by atoms with Crippen LogP contribution < -0.4 is 5.32 Å². The summed E-state index contributed by atoms with van der Waals surface area (Å²) in [5.41, 5.74) is 0.901. The van der Waals surface area contributed by atoms with Crippen molar-refractivity contribution in [2.45, 2.75) is 58.2 Å². The van der Waals surface area contributed by atoms with Gasteiger partial charge in [-0.05, 0) is 46.1 Å². The van der Waals surface area contributed by atoms with Gasteiger partial charge in [-0.3, -0.25) is 9.59 Å². The average molecular weight is 288 g/mol. The van der Waals surface area contributed by atoms with Gasteiger partial charge in [0.1, 0.15) is 12.1 Å². The maximum absolute atomic E-state index is 12.5. The zero-order valence-corrected chi connectivity index (χ0v) is 13.2. The molecule has 2 unspecified atom stereocenters. The number of carbonyl (C=O) groups excluding carboxylic acids is 2. The normalized spacial score (nSPS) is 23.1. The van der Waals surface area contributed by atoms with Gasteiger partial charge < -0.3 is 10.2 Å². The van der Waals surface area contributed by atoms with E-state index >= 15 is 0 Å². The van der Waals surface area contributed by atoms with E-state index in [9.17, 15) is 9.59 Å². The molecule has 1 aromatic carbocycles. The fourth-order valence-electron chi connectivity index (χ4n) is 2.95. The lowest BCUT2D eigenvalue weighted by atomic mass is 9.90. The quantitative estimate of drug-likeness (QED) is 0.922. The molecule has 2 atom stereocenters. The molecule has 0 saturated carbocycles. The van der Waals surface area contributed by atoms with Crippen LogP contribution in [0.3, 0.4) is 0 Å². The van der Waals surface area contributed by atoms with Gasteiger partial charge in [0.05, 0.1) is 0 Å². The highest BCUT2D eigenvalue weighted by Crippen LogP contribution is 2.27. The van der Waals surface area contributed by atoms with Crippen molar-refractivity contribution in [1.29, 1.82) is 0 Å². The lowest BCUT2D eigenvalue weighted by Gasteiger charge is -2.46. The van der Waals surface area contributed by atoms with Crippen molar-refractivity contribution in [2.75, 3.05) is 0 Å². The van der Waals surface area contributed by atoms with E-state index < -0.39 is 12.1 Å². The summed E-state index contributed by atoms with van der Waals surface area (Å²) < 4.78 is 0. The SMILES string of the molecule is CC1NC(=O)C(C)N(C(C)(C)CCc2ccccc2)C1=O. The van der Waals surface area contributed by atoms with Crippen LogP contribution in [-0.4, -0.2) is 34.3 Å². The standard InChI is InChI=1S/C17H24N2O2/c1-12-16(21)19(13(2)15(20)18-12)17(3,4)11-10-14-8-6-5-7-9-14/h5-9,12-13H,10-11H2,1-4H3,(H,18,20). The molecule has 114 valence electrons. The van der Waals surface area contributed by atoms with Crippen LogP contribution >= 0.6 is 0 Å². The number of hydrogen-bond acceptors (Lipinski definition) is 2. The van der Waals surface area contributed by atoms with Crippen molar-refractivity contribution in [2.24, 2.45) is 0 Å². The minimum Gasteiger partial charge on any atom is -0.343 e. The van der Waals surface area contributed by atoms with Crippen LogP contribution in [-0.2, 0) is 16.0 Å². The second-order valence-electron chi connectivity index (χ2n) is 6.41. The predicted molar refractivity (Wildman–Crippen MR) is 82.8 cm³/mol. The number of aryl methyl sites for hydroxylation is 1. The maximum atomic E-state index is 12.5. The zero-order valence-electron chi connectivity index (χ0n) is 13.2. The zero-order chi connectivity index (χ0) is 15.6. The molecule has 4 heteroatoms. The lowest BCUT2D eigenvalue weighted by molar-refractivity contribution is -0.154. The summed E-state index contributed by atoms with van der Waals surface area (Å²) in [5, 5.41) is 2.72. The van der Waals surface area contributed by atoms with Gasteiger partial charge in [-0.15, -0.1) is 0 Å². The van der Waals surface area contributed by atoms with Gasteiger partial charge in [-0.2, -0.15) is 0 Å². The first-order valence-electron chi connectivity index (χ1n) is 7.50. The van der Waals surface area contributed by atoms with Crippen molar-refractivity contribution in [1.82, 2.24) is 10.2 Å². The Hall–Kier alpha value is -1.84. The first kappa shape index (κ1) is 15.5. The van der Waals surface area contributed by atoms with Crippen molar-refractivity contribution >= 4 is 11.8 Å². The fourth-order valence-corrected chi connectivity index (χ4v) is 2.95. The minimum absolute atomic E-state index is 0.000150. The molecule has 0 bridgehead atoms. The molecule has 1 heterocycles. The summed E-state index contributed by atoms with van der Waals surface area (Å²) >= 11 is 0. The second-order valence-corrected chi connectivity index (χ2v) is 6.41. The van der Waals surface area contributed by atoms with Crippen LogP contribution in [0.2, 0.25) is 0 Å². The lowest BCUT2D eigenvalue weighted by Crippen LogP contribution is -2.66. The third-order valence-electron chi connectivity index (χ3n) is 4.25. The van der Waals surface area contributed by atoms with Crippen molar-refractivity contribution in [3.8, 4) is 0 Å². The number of nitrogens with one attached hydrogen (secondary N) is 1. The monoisotopic (exact) mass is 288 g/mol. The molecule has 1 N–H and O–H groups in total. The van der Waals surface area contributed by atoms with Crippen molar-refractivity contribution in [3.05, 3.63) is 35.9 Å². The highest BCUT2D eigenvalue weighted by atomic mass is 16.2. The van der Waals surface area contributed by atoms with Crippen LogP contribution in [0.15, 0.2) is 30.3 Å². The third kappa shape index (κ3) is 3.26. The molecule has 21 heavy (non-hydrogen) atoms. The fraction of sp³-hybridized carbons (Fsp3) is 0.529. The van der Waals surface area contributed by atoms with Crippen molar-refractivity contribution in [3.63, 3.8) is 0 Å². The number of carbonyl (C=O) groups is 2. The van der Waals surface area contributed by atoms with Gasteiger partial charge in [0, 0.05) is 5.54 Å². The molecular formula is C17H24N2O2. The van der Waals surface area contributed by atoms with Gasteiger partial charge in [0.15, 0.2) is 0 Å². The Balaban J connectivity index is 2.13. The molecule has 2 rings (SSSR count). The van der Waals surface area contributed by atoms with Crippen LogP contribution in [0.4, 0.5) is 0 Å². The van der Waals surface area contributed by atoms with Gasteiger partial charge in [0.25, 0.3) is 0 Å². The Labute approximate surface area is 126 Å². The maximum Gasteiger partial charge on any atom is 0.245 e. The molecule has 4 nitrogen and oxygen atoms in total. The molecule has 1 aromatic rings. The molecule has 1 aliphatic rings. The van der Waals surface area contributed by atoms with Crippen molar-refractivity contribution < 1.29 is 9.59 Å². The van der Waals surface area contributed by atoms with Crippen LogP contribution in [0.25, 0.3) is 0 Å². The highest BCUT2D eigenvalue weighted by Gasteiger charge is 2.43. The predicted octanol–water partition coefficient (Wildman–Crippen LogP) is 2.13. The number of hydrogen-bond donors (Lipinski definition) is 1. The van der Waals surface area contributed by atoms with Crippen LogP contribution in [0, 0.1) is 0 Å². The summed E-state index contributed by atoms with van der Waals surface area (Å²) in [6, 6.07) is 9.36. The molecule has 1 saturated heterocycles. The first-order valence-corrected chi connectivity index (χ1v) is 7.50. The van der Waals surface area contributed by atoms with E-state index in [1.807, 2.05) is 32.0 Å². The molecule has 0 aliphatic carbocycles. The summed E-state index contributed by atoms with van der Waals surface area (Å²) in [6.07, 6.45) is 1.72. The summed E-state index contributed by atoms with van der Waals surface area (Å²) in [5.74, 6) is -0.0740. The summed E-state index contributed by atoms with van der Waals surface area (Å²) in [4.78, 5) is 26.2. The average Bonchev–Trinajstić information content (AvgIpc) is 2.44. The van der Waals surface area contributed by atoms with Crippen LogP contribution in [0.5, 0.6) is 0 Å². The van der Waals surface area contributed by atoms with E-state index in [4.69, 9.17) is 0 Å². The van der Waals surface area contributed by atoms with Gasteiger partial charge >= 0.3 is 0 Å². The van der Waals surface area contributed by atoms with Gasteiger partial charge in [0.2, 0.25) is 11.8 Å². The number of nitrogens with zero attached hydrogens (tertiary/aromatic N) is 1. The molecule has 1 aliphatic heterocycles. The van der Waals surface area contributed by atoms with Gasteiger partial charge in [-0.25, -0.2) is 0 Å². The van der Waals surface area contributed by atoms with E-state index in [0.717, 1.165) is 12.8 Å². The Bertz CT molecular complexity index is 525. The minimum atomic E-state index is -0.440. The Morgan fingerprint density at radius 3 is 2.38 bits per heavy atom. The molecule has 0 aromatic heterocycles. The topological polar surface area (TPSA) is 49.4 Å². The van der Waals surface area contributed by atoms with E-state index in [1.165, 1.54) is 5.56 Å². The largest absolute Gasteiger partial charge is 0.343 e. The van der Waals surface area contributed by atoms with E-state index in [2.05, 4.69) is 17.4 Å². The molecule has 0 spiro atoms. The third-order valence-corrected chi connectivity index (χ3v) is 4.25. The molecule has 1 fully saturated rings.